The highest BCUT2D eigenvalue weighted by molar-refractivity contribution is 6.42. The van der Waals surface area contributed by atoms with E-state index in [1.54, 1.807) is 12.1 Å². The molecule has 0 fully saturated rings. The first kappa shape index (κ1) is 19.3. The molecule has 0 aliphatic rings. The van der Waals surface area contributed by atoms with Gasteiger partial charge in [-0.25, -0.2) is 0 Å². The lowest BCUT2D eigenvalue weighted by Gasteiger charge is -2.16. The van der Waals surface area contributed by atoms with Crippen LogP contribution in [0.4, 0.5) is 11.4 Å². The van der Waals surface area contributed by atoms with Crippen molar-refractivity contribution in [2.45, 2.75) is 33.1 Å². The van der Waals surface area contributed by atoms with E-state index in [2.05, 4.69) is 24.5 Å². The molecule has 0 aliphatic carbocycles. The van der Waals surface area contributed by atoms with Crippen LogP contribution in [0.5, 0.6) is 0 Å². The van der Waals surface area contributed by atoms with Crippen molar-refractivity contribution in [3.05, 3.63) is 57.6 Å². The molecular weight excluding hydrogens is 359 g/mol. The van der Waals surface area contributed by atoms with Crippen LogP contribution in [0.15, 0.2) is 36.4 Å². The van der Waals surface area contributed by atoms with Crippen molar-refractivity contribution in [1.29, 1.82) is 0 Å². The summed E-state index contributed by atoms with van der Waals surface area (Å²) >= 11 is 11.8. The fourth-order valence-corrected chi connectivity index (χ4v) is 2.75. The number of anilines is 2. The molecule has 2 amide bonds. The molecule has 25 heavy (non-hydrogen) atoms. The largest absolute Gasteiger partial charge is 0.326 e. The lowest BCUT2D eigenvalue weighted by Crippen LogP contribution is -2.22. The summed E-state index contributed by atoms with van der Waals surface area (Å²) in [7, 11) is 0. The van der Waals surface area contributed by atoms with E-state index in [1.807, 2.05) is 25.1 Å². The van der Waals surface area contributed by atoms with E-state index in [0.29, 0.717) is 15.7 Å². The van der Waals surface area contributed by atoms with Crippen molar-refractivity contribution in [3.8, 4) is 0 Å². The Kier molecular flexibility index (Phi) is 6.45. The van der Waals surface area contributed by atoms with Gasteiger partial charge in [-0.2, -0.15) is 0 Å². The number of carbonyl (C=O) groups excluding carboxylic acids is 2. The number of carbonyl (C=O) groups is 2. The Morgan fingerprint density at radius 3 is 2.32 bits per heavy atom. The van der Waals surface area contributed by atoms with Crippen LogP contribution in [-0.4, -0.2) is 11.8 Å². The van der Waals surface area contributed by atoms with E-state index in [9.17, 15) is 9.59 Å². The second-order valence-corrected chi connectivity index (χ2v) is 6.91. The van der Waals surface area contributed by atoms with E-state index < -0.39 is 5.91 Å². The molecule has 6 heteroatoms. The highest BCUT2D eigenvalue weighted by Crippen LogP contribution is 2.28. The molecule has 0 spiro atoms. The van der Waals surface area contributed by atoms with Crippen LogP contribution in [0.25, 0.3) is 0 Å². The first-order valence-corrected chi connectivity index (χ1v) is 8.67. The Bertz CT molecular complexity index is 804. The van der Waals surface area contributed by atoms with Crippen molar-refractivity contribution in [2.75, 3.05) is 10.6 Å². The Balaban J connectivity index is 2.03. The van der Waals surface area contributed by atoms with Crippen LogP contribution >= 0.6 is 23.2 Å². The summed E-state index contributed by atoms with van der Waals surface area (Å²) in [4.78, 5) is 24.3. The Morgan fingerprint density at radius 1 is 1.00 bits per heavy atom. The number of hydrogen-bond donors (Lipinski definition) is 2. The first-order chi connectivity index (χ1) is 11.8. The number of nitrogens with one attached hydrogen (secondary N) is 2. The van der Waals surface area contributed by atoms with Gasteiger partial charge in [-0.1, -0.05) is 55.2 Å². The molecule has 132 valence electrons. The van der Waals surface area contributed by atoms with E-state index >= 15 is 0 Å². The summed E-state index contributed by atoms with van der Waals surface area (Å²) in [5.74, 6) is -0.524. The maximum Gasteiger partial charge on any atom is 0.233 e. The van der Waals surface area contributed by atoms with Crippen molar-refractivity contribution in [2.24, 2.45) is 0 Å². The molecule has 2 rings (SSSR count). The Labute approximate surface area is 157 Å². The van der Waals surface area contributed by atoms with Gasteiger partial charge in [0, 0.05) is 11.4 Å². The average Bonchev–Trinajstić information content (AvgIpc) is 2.52. The van der Waals surface area contributed by atoms with Gasteiger partial charge in [0.15, 0.2) is 0 Å². The molecule has 0 aromatic heterocycles. The van der Waals surface area contributed by atoms with Crippen molar-refractivity contribution < 1.29 is 9.59 Å². The third-order valence-corrected chi connectivity index (χ3v) is 4.45. The monoisotopic (exact) mass is 378 g/mol. The fraction of sp³-hybridized carbons (Fsp3) is 0.263. The zero-order valence-electron chi connectivity index (χ0n) is 14.3. The second-order valence-electron chi connectivity index (χ2n) is 6.10. The molecular formula is C19H20Cl2N2O2. The standard InChI is InChI=1S/C19H20Cl2N2O2/c1-11(2)14-6-4-5-12(3)19(14)23-18(25)10-17(24)22-13-7-8-15(20)16(21)9-13/h4-9,11H,10H2,1-3H3,(H,22,24)(H,23,25). The van der Waals surface area contributed by atoms with Crippen LogP contribution in [0.1, 0.15) is 37.3 Å². The van der Waals surface area contributed by atoms with E-state index in [1.165, 1.54) is 6.07 Å². The molecule has 2 aromatic carbocycles. The van der Waals surface area contributed by atoms with E-state index in [-0.39, 0.29) is 18.2 Å². The Hall–Kier alpha value is -2.04. The van der Waals surface area contributed by atoms with Gasteiger partial charge in [0.05, 0.1) is 10.0 Å². The lowest BCUT2D eigenvalue weighted by molar-refractivity contribution is -0.123. The minimum absolute atomic E-state index is 0.264. The molecule has 0 bridgehead atoms. The number of aryl methyl sites for hydroxylation is 1. The normalized spacial score (nSPS) is 10.6. The molecule has 0 radical (unpaired) electrons. The van der Waals surface area contributed by atoms with Gasteiger partial charge in [0.2, 0.25) is 11.8 Å². The van der Waals surface area contributed by atoms with Gasteiger partial charge >= 0.3 is 0 Å². The van der Waals surface area contributed by atoms with E-state index in [4.69, 9.17) is 23.2 Å². The maximum absolute atomic E-state index is 12.2. The van der Waals surface area contributed by atoms with Gasteiger partial charge in [-0.05, 0) is 42.2 Å². The molecule has 4 nitrogen and oxygen atoms in total. The number of benzene rings is 2. The molecule has 2 aromatic rings. The lowest BCUT2D eigenvalue weighted by atomic mass is 9.98. The topological polar surface area (TPSA) is 58.2 Å². The molecule has 0 saturated carbocycles. The van der Waals surface area contributed by atoms with Crippen molar-refractivity contribution in [1.82, 2.24) is 0 Å². The third kappa shape index (κ3) is 5.21. The van der Waals surface area contributed by atoms with Gasteiger partial charge in [-0.3, -0.25) is 9.59 Å². The Morgan fingerprint density at radius 2 is 1.68 bits per heavy atom. The highest BCUT2D eigenvalue weighted by Gasteiger charge is 2.15. The number of para-hydroxylation sites is 1. The minimum atomic E-state index is -0.421. The zero-order chi connectivity index (χ0) is 18.6. The first-order valence-electron chi connectivity index (χ1n) is 7.92. The van der Waals surface area contributed by atoms with E-state index in [0.717, 1.165) is 16.8 Å². The van der Waals surface area contributed by atoms with Crippen LogP contribution in [-0.2, 0) is 9.59 Å². The predicted molar refractivity (Wildman–Crippen MR) is 104 cm³/mol. The number of halogens is 2. The van der Waals surface area contributed by atoms with Crippen LogP contribution in [0.3, 0.4) is 0 Å². The SMILES string of the molecule is Cc1cccc(C(C)C)c1NC(=O)CC(=O)Nc1ccc(Cl)c(Cl)c1. The third-order valence-electron chi connectivity index (χ3n) is 3.72. The summed E-state index contributed by atoms with van der Waals surface area (Å²) in [6.45, 7) is 6.04. The van der Waals surface area contributed by atoms with Gasteiger partial charge in [0.1, 0.15) is 6.42 Å². The smallest absolute Gasteiger partial charge is 0.233 e. The fourth-order valence-electron chi connectivity index (χ4n) is 2.45. The van der Waals surface area contributed by atoms with Gasteiger partial charge in [-0.15, -0.1) is 0 Å². The molecule has 0 saturated heterocycles. The molecule has 2 N–H and O–H groups in total. The van der Waals surface area contributed by atoms with Crippen LogP contribution in [0, 0.1) is 6.92 Å². The summed E-state index contributed by atoms with van der Waals surface area (Å²) < 4.78 is 0. The molecule has 0 aliphatic heterocycles. The van der Waals surface area contributed by atoms with Crippen LogP contribution in [0.2, 0.25) is 10.0 Å². The van der Waals surface area contributed by atoms with Crippen LogP contribution < -0.4 is 10.6 Å². The summed E-state index contributed by atoms with van der Waals surface area (Å²) in [6, 6.07) is 10.6. The highest BCUT2D eigenvalue weighted by atomic mass is 35.5. The quantitative estimate of drug-likeness (QED) is 0.684. The summed E-state index contributed by atoms with van der Waals surface area (Å²) in [5, 5.41) is 6.23. The second kappa shape index (κ2) is 8.37. The number of rotatable bonds is 5. The summed E-state index contributed by atoms with van der Waals surface area (Å²) in [6.07, 6.45) is -0.286. The maximum atomic E-state index is 12.2. The zero-order valence-corrected chi connectivity index (χ0v) is 15.8. The predicted octanol–water partition coefficient (Wildman–Crippen LogP) is 5.39. The number of hydrogen-bond acceptors (Lipinski definition) is 2. The number of amides is 2. The minimum Gasteiger partial charge on any atom is -0.326 e. The van der Waals surface area contributed by atoms with Crippen molar-refractivity contribution in [3.63, 3.8) is 0 Å². The molecule has 0 unspecified atom stereocenters. The molecule has 0 atom stereocenters. The summed E-state index contributed by atoms with van der Waals surface area (Å²) in [5.41, 5.74) is 3.26. The van der Waals surface area contributed by atoms with Gasteiger partial charge in [0.25, 0.3) is 0 Å². The van der Waals surface area contributed by atoms with Gasteiger partial charge < -0.3 is 10.6 Å². The average molecular weight is 379 g/mol. The van der Waals surface area contributed by atoms with Crippen molar-refractivity contribution >= 4 is 46.4 Å². The molecule has 0 heterocycles.